The predicted molar refractivity (Wildman–Crippen MR) is 88.3 cm³/mol. The Labute approximate surface area is 147 Å². The zero-order chi connectivity index (χ0) is 19.2. The molecule has 26 heavy (non-hydrogen) atoms. The van der Waals surface area contributed by atoms with Crippen LogP contribution in [0.5, 0.6) is 5.75 Å². The van der Waals surface area contributed by atoms with Gasteiger partial charge < -0.3 is 21.1 Å². The molecule has 2 aromatic carbocycles. The molecule has 3 amide bonds. The van der Waals surface area contributed by atoms with Crippen LogP contribution in [0.3, 0.4) is 0 Å². The molecule has 6 nitrogen and oxygen atoms in total. The van der Waals surface area contributed by atoms with Gasteiger partial charge in [0.2, 0.25) is 5.91 Å². The summed E-state index contributed by atoms with van der Waals surface area (Å²) in [6.45, 7) is 0. The van der Waals surface area contributed by atoms with Crippen molar-refractivity contribution in [2.75, 3.05) is 5.32 Å². The largest absolute Gasteiger partial charge is 0.573 e. The van der Waals surface area contributed by atoms with Gasteiger partial charge in [0.25, 0.3) is 0 Å². The van der Waals surface area contributed by atoms with E-state index >= 15 is 0 Å². The molecular formula is C17H16F3N3O3. The van der Waals surface area contributed by atoms with Gasteiger partial charge >= 0.3 is 12.4 Å². The molecule has 2 rings (SSSR count). The van der Waals surface area contributed by atoms with Crippen molar-refractivity contribution in [2.45, 2.75) is 18.8 Å². The van der Waals surface area contributed by atoms with Gasteiger partial charge in [-0.05, 0) is 29.8 Å². The third-order valence-electron chi connectivity index (χ3n) is 3.28. The maximum absolute atomic E-state index is 12.2. The van der Waals surface area contributed by atoms with E-state index in [-0.39, 0.29) is 12.1 Å². The van der Waals surface area contributed by atoms with Gasteiger partial charge in [-0.2, -0.15) is 0 Å². The predicted octanol–water partition coefficient (Wildman–Crippen LogP) is 3.32. The van der Waals surface area contributed by atoms with Crippen molar-refractivity contribution in [3.63, 3.8) is 0 Å². The van der Waals surface area contributed by atoms with E-state index in [0.717, 1.165) is 12.1 Å². The summed E-state index contributed by atoms with van der Waals surface area (Å²) >= 11 is 0. The van der Waals surface area contributed by atoms with Crippen molar-refractivity contribution in [3.05, 3.63) is 60.2 Å². The van der Waals surface area contributed by atoms with Crippen LogP contribution in [-0.4, -0.2) is 18.3 Å². The van der Waals surface area contributed by atoms with Gasteiger partial charge in [-0.3, -0.25) is 4.79 Å². The van der Waals surface area contributed by atoms with Crippen molar-refractivity contribution >= 4 is 17.6 Å². The Hall–Kier alpha value is -3.23. The summed E-state index contributed by atoms with van der Waals surface area (Å²) < 4.78 is 40.1. The Bertz CT molecular complexity index is 749. The van der Waals surface area contributed by atoms with Crippen LogP contribution >= 0.6 is 0 Å². The van der Waals surface area contributed by atoms with E-state index in [1.807, 2.05) is 0 Å². The van der Waals surface area contributed by atoms with E-state index < -0.39 is 30.1 Å². The van der Waals surface area contributed by atoms with E-state index in [9.17, 15) is 22.8 Å². The Morgan fingerprint density at radius 2 is 1.65 bits per heavy atom. The molecule has 0 saturated heterocycles. The number of nitrogens with one attached hydrogen (secondary N) is 2. The van der Waals surface area contributed by atoms with E-state index in [2.05, 4.69) is 15.4 Å². The summed E-state index contributed by atoms with van der Waals surface area (Å²) in [5.41, 5.74) is 6.12. The number of hydrogen-bond acceptors (Lipinski definition) is 3. The van der Waals surface area contributed by atoms with Crippen LogP contribution in [0.15, 0.2) is 54.6 Å². The Morgan fingerprint density at radius 1 is 1.04 bits per heavy atom. The van der Waals surface area contributed by atoms with Crippen molar-refractivity contribution in [1.29, 1.82) is 0 Å². The second kappa shape index (κ2) is 8.24. The number of carbonyl (C=O) groups excluding carboxylic acids is 2. The SMILES string of the molecule is NC(=O)NC(CC(=O)Nc1ccc(OC(F)(F)F)cc1)c1ccccc1. The van der Waals surface area contributed by atoms with Gasteiger partial charge in [0.15, 0.2) is 0 Å². The fourth-order valence-electron chi connectivity index (χ4n) is 2.25. The molecule has 138 valence electrons. The van der Waals surface area contributed by atoms with Gasteiger partial charge in [0.05, 0.1) is 12.5 Å². The van der Waals surface area contributed by atoms with E-state index in [0.29, 0.717) is 5.56 Å². The molecule has 0 saturated carbocycles. The van der Waals surface area contributed by atoms with E-state index in [4.69, 9.17) is 5.73 Å². The van der Waals surface area contributed by atoms with Crippen LogP contribution in [0.25, 0.3) is 0 Å². The molecule has 9 heteroatoms. The summed E-state index contributed by atoms with van der Waals surface area (Å²) in [4.78, 5) is 23.3. The molecule has 0 radical (unpaired) electrons. The first-order valence-corrected chi connectivity index (χ1v) is 7.49. The summed E-state index contributed by atoms with van der Waals surface area (Å²) in [5, 5.41) is 5.02. The van der Waals surface area contributed by atoms with Crippen molar-refractivity contribution in [2.24, 2.45) is 5.73 Å². The number of anilines is 1. The van der Waals surface area contributed by atoms with E-state index in [1.165, 1.54) is 12.1 Å². The first kappa shape index (κ1) is 19.1. The zero-order valence-electron chi connectivity index (χ0n) is 13.4. The third kappa shape index (κ3) is 6.34. The number of urea groups is 1. The molecule has 0 aliphatic rings. The maximum Gasteiger partial charge on any atom is 0.573 e. The van der Waals surface area contributed by atoms with Gasteiger partial charge in [-0.25, -0.2) is 4.79 Å². The second-order valence-electron chi connectivity index (χ2n) is 5.30. The highest BCUT2D eigenvalue weighted by Crippen LogP contribution is 2.24. The number of hydrogen-bond donors (Lipinski definition) is 3. The standard InChI is InChI=1S/C17H16F3N3O3/c18-17(19,20)26-13-8-6-12(7-9-13)22-15(24)10-14(23-16(21)25)11-4-2-1-3-5-11/h1-9,14H,10H2,(H,22,24)(H3,21,23,25). The van der Waals surface area contributed by atoms with Gasteiger partial charge in [-0.15, -0.1) is 13.2 Å². The summed E-state index contributed by atoms with van der Waals surface area (Å²) in [5.74, 6) is -0.842. The molecule has 1 atom stereocenters. The number of halogens is 3. The number of benzene rings is 2. The molecule has 0 bridgehead atoms. The average molecular weight is 367 g/mol. The molecule has 0 heterocycles. The molecule has 0 aromatic heterocycles. The number of nitrogens with two attached hydrogens (primary N) is 1. The number of carbonyl (C=O) groups is 2. The minimum Gasteiger partial charge on any atom is -0.406 e. The van der Waals surface area contributed by atoms with E-state index in [1.54, 1.807) is 30.3 Å². The van der Waals surface area contributed by atoms with Crippen molar-refractivity contribution in [3.8, 4) is 5.75 Å². The lowest BCUT2D eigenvalue weighted by Crippen LogP contribution is -2.35. The molecule has 4 N–H and O–H groups in total. The lowest BCUT2D eigenvalue weighted by atomic mass is 10.0. The molecule has 1 unspecified atom stereocenters. The molecule has 0 spiro atoms. The summed E-state index contributed by atoms with van der Waals surface area (Å²) in [6, 6.07) is 12.1. The molecule has 0 aliphatic heterocycles. The molecule has 0 aliphatic carbocycles. The smallest absolute Gasteiger partial charge is 0.406 e. The number of amides is 3. The highest BCUT2D eigenvalue weighted by molar-refractivity contribution is 5.91. The number of primary amides is 1. The topological polar surface area (TPSA) is 93.5 Å². The lowest BCUT2D eigenvalue weighted by Gasteiger charge is -2.18. The Kier molecular flexibility index (Phi) is 6.05. The summed E-state index contributed by atoms with van der Waals surface area (Å²) in [7, 11) is 0. The normalized spacial score (nSPS) is 12.1. The lowest BCUT2D eigenvalue weighted by molar-refractivity contribution is -0.274. The molecular weight excluding hydrogens is 351 g/mol. The van der Waals surface area contributed by atoms with Crippen LogP contribution in [0.4, 0.5) is 23.7 Å². The van der Waals surface area contributed by atoms with Crippen LogP contribution in [0, 0.1) is 0 Å². The van der Waals surface area contributed by atoms with Gasteiger partial charge in [0, 0.05) is 5.69 Å². The highest BCUT2D eigenvalue weighted by atomic mass is 19.4. The maximum atomic E-state index is 12.2. The van der Waals surface area contributed by atoms with Gasteiger partial charge in [-0.1, -0.05) is 30.3 Å². The van der Waals surface area contributed by atoms with Crippen molar-refractivity contribution in [1.82, 2.24) is 5.32 Å². The van der Waals surface area contributed by atoms with Crippen LogP contribution < -0.4 is 21.1 Å². The van der Waals surface area contributed by atoms with Crippen LogP contribution in [-0.2, 0) is 4.79 Å². The second-order valence-corrected chi connectivity index (χ2v) is 5.30. The number of rotatable bonds is 6. The van der Waals surface area contributed by atoms with Gasteiger partial charge in [0.1, 0.15) is 5.75 Å². The monoisotopic (exact) mass is 367 g/mol. The number of alkyl halides is 3. The number of ether oxygens (including phenoxy) is 1. The third-order valence-corrected chi connectivity index (χ3v) is 3.28. The fraction of sp³-hybridized carbons (Fsp3) is 0.176. The highest BCUT2D eigenvalue weighted by Gasteiger charge is 2.31. The van der Waals surface area contributed by atoms with Crippen molar-refractivity contribution < 1.29 is 27.5 Å². The minimum atomic E-state index is -4.78. The Morgan fingerprint density at radius 3 is 2.19 bits per heavy atom. The molecule has 2 aromatic rings. The minimum absolute atomic E-state index is 0.103. The Balaban J connectivity index is 2.00. The first-order valence-electron chi connectivity index (χ1n) is 7.49. The fourth-order valence-corrected chi connectivity index (χ4v) is 2.25. The molecule has 0 fully saturated rings. The van der Waals surface area contributed by atoms with Crippen LogP contribution in [0.1, 0.15) is 18.0 Å². The first-order chi connectivity index (χ1) is 12.2. The quantitative estimate of drug-likeness (QED) is 0.731. The van der Waals surface area contributed by atoms with Crippen LogP contribution in [0.2, 0.25) is 0 Å². The average Bonchev–Trinajstić information content (AvgIpc) is 2.55. The zero-order valence-corrected chi connectivity index (χ0v) is 13.4. The summed E-state index contributed by atoms with van der Waals surface area (Å²) in [6.07, 6.45) is -4.89.